The van der Waals surface area contributed by atoms with Crippen LogP contribution in [0.2, 0.25) is 0 Å². The summed E-state index contributed by atoms with van der Waals surface area (Å²) in [6.07, 6.45) is 4.94. The standard InChI is InChI=1S/C21H26N4O3/c1-14-3-2-4-18(9-14)28-13-20(26)25-16-7-8-17(25)12-23-19(10-16)22-24(21(23)27)11-15-5-6-15/h2-4,9,15-17H,5-8,10-13H2,1H3/t16-,17+/m0/s1. The van der Waals surface area contributed by atoms with Crippen molar-refractivity contribution in [2.24, 2.45) is 5.92 Å². The third-order valence-electron chi connectivity index (χ3n) is 6.20. The minimum absolute atomic E-state index is 0.00179. The Morgan fingerprint density at radius 3 is 2.82 bits per heavy atom. The van der Waals surface area contributed by atoms with Crippen molar-refractivity contribution in [1.29, 1.82) is 0 Å². The molecule has 0 spiro atoms. The van der Waals surface area contributed by atoms with Crippen LogP contribution < -0.4 is 10.4 Å². The molecule has 0 radical (unpaired) electrons. The van der Waals surface area contributed by atoms with Crippen LogP contribution in [0, 0.1) is 12.8 Å². The van der Waals surface area contributed by atoms with Crippen molar-refractivity contribution in [1.82, 2.24) is 19.2 Å². The molecule has 148 valence electrons. The third-order valence-corrected chi connectivity index (χ3v) is 6.20. The lowest BCUT2D eigenvalue weighted by atomic mass is 10.1. The van der Waals surface area contributed by atoms with Gasteiger partial charge in [-0.15, -0.1) is 0 Å². The molecule has 1 aliphatic carbocycles. The van der Waals surface area contributed by atoms with Gasteiger partial charge in [0.1, 0.15) is 11.6 Å². The Morgan fingerprint density at radius 1 is 1.21 bits per heavy atom. The molecule has 1 saturated carbocycles. The van der Waals surface area contributed by atoms with Crippen LogP contribution in [0.5, 0.6) is 5.75 Å². The predicted molar refractivity (Wildman–Crippen MR) is 103 cm³/mol. The van der Waals surface area contributed by atoms with E-state index in [4.69, 9.17) is 4.74 Å². The molecule has 3 heterocycles. The lowest BCUT2D eigenvalue weighted by Gasteiger charge is -2.27. The van der Waals surface area contributed by atoms with Crippen molar-refractivity contribution >= 4 is 5.91 Å². The van der Waals surface area contributed by atoms with E-state index in [0.717, 1.165) is 30.8 Å². The number of rotatable bonds is 5. The Bertz CT molecular complexity index is 959. The number of carbonyl (C=O) groups is 1. The van der Waals surface area contributed by atoms with E-state index >= 15 is 0 Å². The molecule has 3 aliphatic rings. The number of nitrogens with zero attached hydrogens (tertiary/aromatic N) is 4. The van der Waals surface area contributed by atoms with E-state index in [1.165, 1.54) is 12.8 Å². The molecule has 2 aromatic rings. The van der Waals surface area contributed by atoms with E-state index < -0.39 is 0 Å². The molecular weight excluding hydrogens is 356 g/mol. The summed E-state index contributed by atoms with van der Waals surface area (Å²) in [6, 6.07) is 7.89. The monoisotopic (exact) mass is 382 g/mol. The van der Waals surface area contributed by atoms with Crippen LogP contribution in [0.15, 0.2) is 29.1 Å². The van der Waals surface area contributed by atoms with E-state index in [2.05, 4.69) is 5.10 Å². The van der Waals surface area contributed by atoms with Gasteiger partial charge < -0.3 is 9.64 Å². The molecule has 2 atom stereocenters. The quantitative estimate of drug-likeness (QED) is 0.790. The molecule has 0 unspecified atom stereocenters. The first-order valence-electron chi connectivity index (χ1n) is 10.3. The Balaban J connectivity index is 1.30. The third kappa shape index (κ3) is 3.23. The Morgan fingerprint density at radius 2 is 2.04 bits per heavy atom. The van der Waals surface area contributed by atoms with Crippen molar-refractivity contribution in [3.8, 4) is 5.75 Å². The van der Waals surface area contributed by atoms with Crippen molar-refractivity contribution in [2.75, 3.05) is 6.61 Å². The van der Waals surface area contributed by atoms with Crippen LogP contribution >= 0.6 is 0 Å². The summed E-state index contributed by atoms with van der Waals surface area (Å²) in [7, 11) is 0. The normalized spacial score (nSPS) is 23.4. The zero-order chi connectivity index (χ0) is 19.3. The average molecular weight is 382 g/mol. The first-order chi connectivity index (χ1) is 13.6. The second kappa shape index (κ2) is 6.79. The summed E-state index contributed by atoms with van der Waals surface area (Å²) < 4.78 is 9.18. The van der Waals surface area contributed by atoms with Crippen LogP contribution in [0.4, 0.5) is 0 Å². The number of hydrogen-bond acceptors (Lipinski definition) is 4. The molecule has 7 heteroatoms. The first kappa shape index (κ1) is 17.5. The van der Waals surface area contributed by atoms with Crippen molar-refractivity contribution in [3.05, 3.63) is 46.1 Å². The molecule has 5 rings (SSSR count). The fraction of sp³-hybridized carbons (Fsp3) is 0.571. The maximum Gasteiger partial charge on any atom is 0.345 e. The number of carbonyl (C=O) groups excluding carboxylic acids is 1. The van der Waals surface area contributed by atoms with Gasteiger partial charge in [-0.3, -0.25) is 9.36 Å². The molecule has 28 heavy (non-hydrogen) atoms. The molecule has 0 N–H and O–H groups in total. The summed E-state index contributed by atoms with van der Waals surface area (Å²) in [5.41, 5.74) is 1.09. The number of benzene rings is 1. The molecule has 2 fully saturated rings. The maximum absolute atomic E-state index is 12.9. The maximum atomic E-state index is 12.9. The molecular formula is C21H26N4O3. The lowest BCUT2D eigenvalue weighted by Crippen LogP contribution is -2.45. The second-order valence-electron chi connectivity index (χ2n) is 8.43. The predicted octanol–water partition coefficient (Wildman–Crippen LogP) is 1.76. The van der Waals surface area contributed by atoms with Crippen LogP contribution in [0.25, 0.3) is 0 Å². The Labute approximate surface area is 163 Å². The highest BCUT2D eigenvalue weighted by Gasteiger charge is 2.41. The number of amides is 1. The first-order valence-corrected chi connectivity index (χ1v) is 10.3. The van der Waals surface area contributed by atoms with Crippen LogP contribution in [-0.2, 0) is 24.3 Å². The van der Waals surface area contributed by atoms with Gasteiger partial charge in [-0.2, -0.15) is 5.10 Å². The van der Waals surface area contributed by atoms with E-state index in [-0.39, 0.29) is 30.3 Å². The Hall–Kier alpha value is -2.57. The van der Waals surface area contributed by atoms with Gasteiger partial charge >= 0.3 is 5.69 Å². The summed E-state index contributed by atoms with van der Waals surface area (Å²) in [5, 5.41) is 4.60. The smallest absolute Gasteiger partial charge is 0.345 e. The van der Waals surface area contributed by atoms with Crippen molar-refractivity contribution in [2.45, 2.75) is 64.2 Å². The molecule has 1 amide bonds. The van der Waals surface area contributed by atoms with Crippen LogP contribution in [0.1, 0.15) is 37.1 Å². The summed E-state index contributed by atoms with van der Waals surface area (Å²) in [5.74, 6) is 2.16. The number of fused-ring (bicyclic) bond motifs is 3. The fourth-order valence-corrected chi connectivity index (χ4v) is 4.58. The summed E-state index contributed by atoms with van der Waals surface area (Å²) in [4.78, 5) is 27.7. The van der Waals surface area contributed by atoms with Gasteiger partial charge in [0, 0.05) is 25.6 Å². The summed E-state index contributed by atoms with van der Waals surface area (Å²) >= 11 is 0. The number of aryl methyl sites for hydroxylation is 1. The minimum atomic E-state index is -0.0159. The molecule has 2 aliphatic heterocycles. The van der Waals surface area contributed by atoms with Gasteiger partial charge in [-0.05, 0) is 56.2 Å². The van der Waals surface area contributed by atoms with Crippen LogP contribution in [-0.4, -0.2) is 43.8 Å². The van der Waals surface area contributed by atoms with Crippen molar-refractivity contribution < 1.29 is 9.53 Å². The molecule has 7 nitrogen and oxygen atoms in total. The van der Waals surface area contributed by atoms with Gasteiger partial charge in [0.15, 0.2) is 6.61 Å². The van der Waals surface area contributed by atoms with Crippen molar-refractivity contribution in [3.63, 3.8) is 0 Å². The highest BCUT2D eigenvalue weighted by atomic mass is 16.5. The van der Waals surface area contributed by atoms with Gasteiger partial charge in [-0.25, -0.2) is 9.48 Å². The van der Waals surface area contributed by atoms with Gasteiger partial charge in [-0.1, -0.05) is 12.1 Å². The van der Waals surface area contributed by atoms with E-state index in [1.54, 1.807) is 9.25 Å². The van der Waals surface area contributed by atoms with E-state index in [9.17, 15) is 9.59 Å². The second-order valence-corrected chi connectivity index (χ2v) is 8.43. The minimum Gasteiger partial charge on any atom is -0.484 e. The van der Waals surface area contributed by atoms with Gasteiger partial charge in [0.2, 0.25) is 0 Å². The van der Waals surface area contributed by atoms with Gasteiger partial charge in [0.25, 0.3) is 5.91 Å². The fourth-order valence-electron chi connectivity index (χ4n) is 4.58. The Kier molecular flexibility index (Phi) is 4.25. The largest absolute Gasteiger partial charge is 0.484 e. The zero-order valence-corrected chi connectivity index (χ0v) is 16.2. The average Bonchev–Trinajstić information content (AvgIpc) is 3.36. The molecule has 2 bridgehead atoms. The van der Waals surface area contributed by atoms with Gasteiger partial charge in [0.05, 0.1) is 6.04 Å². The lowest BCUT2D eigenvalue weighted by molar-refractivity contribution is -0.136. The highest BCUT2D eigenvalue weighted by molar-refractivity contribution is 5.79. The number of ether oxygens (including phenoxy) is 1. The van der Waals surface area contributed by atoms with E-state index in [0.29, 0.717) is 24.6 Å². The highest BCUT2D eigenvalue weighted by Crippen LogP contribution is 2.32. The number of aromatic nitrogens is 3. The van der Waals surface area contributed by atoms with E-state index in [1.807, 2.05) is 36.1 Å². The molecule has 1 aromatic carbocycles. The van der Waals surface area contributed by atoms with Crippen LogP contribution in [0.3, 0.4) is 0 Å². The topological polar surface area (TPSA) is 69.4 Å². The zero-order valence-electron chi connectivity index (χ0n) is 16.2. The molecule has 1 saturated heterocycles. The number of hydrogen-bond donors (Lipinski definition) is 0. The molecule has 1 aromatic heterocycles. The summed E-state index contributed by atoms with van der Waals surface area (Å²) in [6.45, 7) is 3.32. The SMILES string of the molecule is Cc1cccc(OCC(=O)N2[C@@H]3CC[C@H]2Cc2nn(CC4CC4)c(=O)n2C3)c1.